The maximum Gasteiger partial charge on any atom is 0.418 e. The Hall–Kier alpha value is -0.980. The Kier molecular flexibility index (Phi) is 7.33. The van der Waals surface area contributed by atoms with Gasteiger partial charge in [0.05, 0.1) is 17.8 Å². The van der Waals surface area contributed by atoms with Gasteiger partial charge in [-0.25, -0.2) is 0 Å². The molecule has 0 aliphatic rings. The van der Waals surface area contributed by atoms with Gasteiger partial charge in [0.2, 0.25) is 5.91 Å². The molecule has 0 unspecified atom stereocenters. The monoisotopic (exact) mass is 330 g/mol. The van der Waals surface area contributed by atoms with Crippen LogP contribution in [0.1, 0.15) is 19.4 Å². The number of hydrogen-bond acceptors (Lipinski definition) is 2. The molecule has 1 aromatic carbocycles. The smallest absolute Gasteiger partial charge is 0.324 e. The number of nitrogens with one attached hydrogen (secondary N) is 2. The summed E-state index contributed by atoms with van der Waals surface area (Å²) in [4.78, 5) is 11.5. The van der Waals surface area contributed by atoms with E-state index in [0.717, 1.165) is 12.1 Å². The van der Waals surface area contributed by atoms with Gasteiger partial charge in [-0.05, 0) is 18.2 Å². The molecule has 0 aliphatic carbocycles. The Balaban J connectivity index is 0.00000361. The fourth-order valence-corrected chi connectivity index (χ4v) is 1.52. The van der Waals surface area contributed by atoms with Crippen LogP contribution in [0.3, 0.4) is 0 Å². The highest BCUT2D eigenvalue weighted by molar-refractivity contribution is 6.30. The van der Waals surface area contributed by atoms with Gasteiger partial charge in [0.25, 0.3) is 0 Å². The van der Waals surface area contributed by atoms with Crippen LogP contribution in [-0.4, -0.2) is 18.5 Å². The molecule has 0 heterocycles. The first-order chi connectivity index (χ1) is 8.70. The van der Waals surface area contributed by atoms with Crippen LogP contribution in [0.4, 0.5) is 18.9 Å². The summed E-state index contributed by atoms with van der Waals surface area (Å²) in [7, 11) is 0. The SMILES string of the molecule is CC(C)NCC(=O)Nc1ccc(Cl)cc1C(F)(F)F.Cl. The Morgan fingerprint density at radius 3 is 2.45 bits per heavy atom. The van der Waals surface area contributed by atoms with E-state index in [2.05, 4.69) is 10.6 Å². The Labute approximate surface area is 126 Å². The van der Waals surface area contributed by atoms with Crippen molar-refractivity contribution < 1.29 is 18.0 Å². The van der Waals surface area contributed by atoms with Gasteiger partial charge in [-0.15, -0.1) is 12.4 Å². The molecule has 8 heteroatoms. The van der Waals surface area contributed by atoms with Crippen LogP contribution in [0.5, 0.6) is 0 Å². The maximum absolute atomic E-state index is 12.8. The molecule has 0 aromatic heterocycles. The minimum absolute atomic E-state index is 0. The normalized spacial score (nSPS) is 11.2. The summed E-state index contributed by atoms with van der Waals surface area (Å²) >= 11 is 5.54. The fourth-order valence-electron chi connectivity index (χ4n) is 1.35. The predicted molar refractivity (Wildman–Crippen MR) is 75.5 cm³/mol. The molecule has 1 amide bonds. The number of carbonyl (C=O) groups excluding carboxylic acids is 1. The van der Waals surface area contributed by atoms with E-state index in [9.17, 15) is 18.0 Å². The zero-order valence-corrected chi connectivity index (χ0v) is 12.4. The number of halogens is 5. The Morgan fingerprint density at radius 2 is 1.95 bits per heavy atom. The standard InChI is InChI=1S/C12H14ClF3N2O.ClH/c1-7(2)17-6-11(19)18-10-4-3-8(13)5-9(10)12(14,15)16;/h3-5,7,17H,6H2,1-2H3,(H,18,19);1H. The van der Waals surface area contributed by atoms with Crippen molar-refractivity contribution in [2.45, 2.75) is 26.1 Å². The third-order valence-electron chi connectivity index (χ3n) is 2.23. The average Bonchev–Trinajstić information content (AvgIpc) is 2.27. The number of carbonyl (C=O) groups is 1. The summed E-state index contributed by atoms with van der Waals surface area (Å²) in [6, 6.07) is 3.28. The molecule has 3 nitrogen and oxygen atoms in total. The number of alkyl halides is 3. The van der Waals surface area contributed by atoms with Gasteiger partial charge in [-0.3, -0.25) is 4.79 Å². The van der Waals surface area contributed by atoms with E-state index in [1.54, 1.807) is 0 Å². The van der Waals surface area contributed by atoms with E-state index in [1.807, 2.05) is 13.8 Å². The maximum atomic E-state index is 12.8. The third-order valence-corrected chi connectivity index (χ3v) is 2.47. The second-order valence-electron chi connectivity index (χ2n) is 4.27. The molecule has 1 rings (SSSR count). The van der Waals surface area contributed by atoms with Gasteiger partial charge in [-0.2, -0.15) is 13.2 Å². The molecular formula is C12H15Cl2F3N2O. The van der Waals surface area contributed by atoms with E-state index in [4.69, 9.17) is 11.6 Å². The minimum atomic E-state index is -4.57. The van der Waals surface area contributed by atoms with Gasteiger partial charge in [-0.1, -0.05) is 25.4 Å². The van der Waals surface area contributed by atoms with Crippen LogP contribution in [0.2, 0.25) is 5.02 Å². The first-order valence-electron chi connectivity index (χ1n) is 5.60. The second kappa shape index (κ2) is 7.71. The predicted octanol–water partition coefficient (Wildman–Crippen LogP) is 3.72. The van der Waals surface area contributed by atoms with Gasteiger partial charge in [0.15, 0.2) is 0 Å². The molecule has 2 N–H and O–H groups in total. The Morgan fingerprint density at radius 1 is 1.35 bits per heavy atom. The summed E-state index contributed by atoms with van der Waals surface area (Å²) in [5.41, 5.74) is -1.26. The molecule has 0 atom stereocenters. The van der Waals surface area contributed by atoms with Crippen molar-refractivity contribution in [3.63, 3.8) is 0 Å². The first kappa shape index (κ1) is 19.0. The molecule has 20 heavy (non-hydrogen) atoms. The van der Waals surface area contributed by atoms with Crippen LogP contribution in [0, 0.1) is 0 Å². The topological polar surface area (TPSA) is 41.1 Å². The largest absolute Gasteiger partial charge is 0.418 e. The number of rotatable bonds is 4. The molecule has 0 bridgehead atoms. The van der Waals surface area contributed by atoms with Gasteiger partial charge in [0, 0.05) is 11.1 Å². The summed E-state index contributed by atoms with van der Waals surface area (Å²) < 4.78 is 38.3. The molecule has 1 aromatic rings. The second-order valence-corrected chi connectivity index (χ2v) is 4.71. The molecule has 0 saturated carbocycles. The fraction of sp³-hybridized carbons (Fsp3) is 0.417. The lowest BCUT2D eigenvalue weighted by Crippen LogP contribution is -2.33. The summed E-state index contributed by atoms with van der Waals surface area (Å²) in [5.74, 6) is -0.540. The zero-order valence-electron chi connectivity index (χ0n) is 10.8. The highest BCUT2D eigenvalue weighted by Gasteiger charge is 2.34. The van der Waals surface area contributed by atoms with Crippen LogP contribution < -0.4 is 10.6 Å². The van der Waals surface area contributed by atoms with Crippen LogP contribution in [0.25, 0.3) is 0 Å². The van der Waals surface area contributed by atoms with E-state index in [0.29, 0.717) is 0 Å². The Bertz CT molecular complexity index is 465. The van der Waals surface area contributed by atoms with E-state index in [-0.39, 0.29) is 35.7 Å². The number of anilines is 1. The minimum Gasteiger partial charge on any atom is -0.324 e. The van der Waals surface area contributed by atoms with Crippen LogP contribution >= 0.6 is 24.0 Å². The number of amides is 1. The lowest BCUT2D eigenvalue weighted by atomic mass is 10.1. The molecule has 0 aliphatic heterocycles. The lowest BCUT2D eigenvalue weighted by Gasteiger charge is -2.15. The molecule has 114 valence electrons. The third kappa shape index (κ3) is 5.98. The van der Waals surface area contributed by atoms with Crippen molar-refractivity contribution in [1.29, 1.82) is 0 Å². The lowest BCUT2D eigenvalue weighted by molar-refractivity contribution is -0.137. The van der Waals surface area contributed by atoms with Gasteiger partial charge in [0.1, 0.15) is 0 Å². The van der Waals surface area contributed by atoms with Crippen molar-refractivity contribution >= 4 is 35.6 Å². The average molecular weight is 331 g/mol. The highest BCUT2D eigenvalue weighted by Crippen LogP contribution is 2.36. The molecule has 0 saturated heterocycles. The molecule has 0 fully saturated rings. The molecule has 0 radical (unpaired) electrons. The molecule has 0 spiro atoms. The van der Waals surface area contributed by atoms with Gasteiger partial charge >= 0.3 is 6.18 Å². The first-order valence-corrected chi connectivity index (χ1v) is 5.98. The number of benzene rings is 1. The van der Waals surface area contributed by atoms with Crippen LogP contribution in [-0.2, 0) is 11.0 Å². The van der Waals surface area contributed by atoms with E-state index >= 15 is 0 Å². The quantitative estimate of drug-likeness (QED) is 0.883. The van der Waals surface area contributed by atoms with Crippen molar-refractivity contribution in [3.05, 3.63) is 28.8 Å². The van der Waals surface area contributed by atoms with Crippen molar-refractivity contribution in [2.24, 2.45) is 0 Å². The van der Waals surface area contributed by atoms with Crippen molar-refractivity contribution in [3.8, 4) is 0 Å². The summed E-state index contributed by atoms with van der Waals surface area (Å²) in [6.45, 7) is 3.60. The van der Waals surface area contributed by atoms with Crippen molar-refractivity contribution in [2.75, 3.05) is 11.9 Å². The molecular weight excluding hydrogens is 316 g/mol. The highest BCUT2D eigenvalue weighted by atomic mass is 35.5. The summed E-state index contributed by atoms with van der Waals surface area (Å²) in [5, 5.41) is 5.00. The van der Waals surface area contributed by atoms with Gasteiger partial charge < -0.3 is 10.6 Å². The van der Waals surface area contributed by atoms with Crippen LogP contribution in [0.15, 0.2) is 18.2 Å². The summed E-state index contributed by atoms with van der Waals surface area (Å²) in [6.07, 6.45) is -4.57. The van der Waals surface area contributed by atoms with Crippen molar-refractivity contribution in [1.82, 2.24) is 5.32 Å². The van der Waals surface area contributed by atoms with E-state index in [1.165, 1.54) is 6.07 Å². The zero-order chi connectivity index (χ0) is 14.6. The van der Waals surface area contributed by atoms with E-state index < -0.39 is 17.6 Å². The number of hydrogen-bond donors (Lipinski definition) is 2.